The van der Waals surface area contributed by atoms with Crippen LogP contribution < -0.4 is 5.32 Å². The Morgan fingerprint density at radius 2 is 1.78 bits per heavy atom. The monoisotopic (exact) mass is 454 g/mol. The van der Waals surface area contributed by atoms with Crippen molar-refractivity contribution in [3.8, 4) is 0 Å². The van der Waals surface area contributed by atoms with Crippen molar-refractivity contribution in [1.82, 2.24) is 9.62 Å². The molecule has 2 aromatic rings. The Kier molecular flexibility index (Phi) is 7.31. The molecule has 6 heteroatoms. The van der Waals surface area contributed by atoms with E-state index in [0.29, 0.717) is 32.4 Å². The molecule has 0 unspecified atom stereocenters. The summed E-state index contributed by atoms with van der Waals surface area (Å²) in [6.45, 7) is 2.89. The Balaban J connectivity index is 1.24. The Morgan fingerprint density at radius 1 is 1.06 bits per heavy atom. The zero-order valence-electron chi connectivity index (χ0n) is 18.9. The van der Waals surface area contributed by atoms with Crippen LogP contribution in [-0.2, 0) is 34.1 Å². The first kappa shape index (κ1) is 23.0. The van der Waals surface area contributed by atoms with Gasteiger partial charge in [0.15, 0.2) is 0 Å². The fraction of sp³-hybridized carbons (Fsp3) is 0.500. The average Bonchev–Trinajstić information content (AvgIpc) is 3.27. The molecule has 32 heavy (non-hydrogen) atoms. The molecule has 4 rings (SSSR count). The molecule has 5 nitrogen and oxygen atoms in total. The first-order valence-electron chi connectivity index (χ1n) is 11.9. The highest BCUT2D eigenvalue weighted by molar-refractivity contribution is 7.89. The number of hydrogen-bond donors (Lipinski definition) is 1. The highest BCUT2D eigenvalue weighted by Crippen LogP contribution is 2.26. The van der Waals surface area contributed by atoms with Crippen molar-refractivity contribution in [2.45, 2.75) is 57.9 Å². The Morgan fingerprint density at radius 3 is 2.53 bits per heavy atom. The summed E-state index contributed by atoms with van der Waals surface area (Å²) >= 11 is 0. The summed E-state index contributed by atoms with van der Waals surface area (Å²) in [6, 6.07) is 16.5. The fourth-order valence-corrected chi connectivity index (χ4v) is 6.44. The van der Waals surface area contributed by atoms with Crippen LogP contribution in [0.15, 0.2) is 48.5 Å². The maximum absolute atomic E-state index is 12.8. The van der Waals surface area contributed by atoms with E-state index < -0.39 is 10.0 Å². The minimum atomic E-state index is -3.27. The van der Waals surface area contributed by atoms with Gasteiger partial charge >= 0.3 is 0 Å². The molecule has 1 fully saturated rings. The number of hydrogen-bond acceptors (Lipinski definition) is 3. The molecule has 0 radical (unpaired) electrons. The summed E-state index contributed by atoms with van der Waals surface area (Å²) < 4.78 is 27.0. The van der Waals surface area contributed by atoms with Gasteiger partial charge < -0.3 is 5.32 Å². The van der Waals surface area contributed by atoms with Gasteiger partial charge in [-0.1, -0.05) is 48.5 Å². The largest absolute Gasteiger partial charge is 0.349 e. The number of carbonyl (C=O) groups is 1. The third-order valence-corrected chi connectivity index (χ3v) is 8.87. The van der Waals surface area contributed by atoms with E-state index in [1.54, 1.807) is 4.31 Å². The molecule has 1 aliphatic heterocycles. The van der Waals surface area contributed by atoms with Crippen LogP contribution in [0.25, 0.3) is 0 Å². The Bertz CT molecular complexity index is 1030. The zero-order chi connectivity index (χ0) is 22.6. The molecule has 2 aromatic carbocycles. The first-order chi connectivity index (χ1) is 15.4. The van der Waals surface area contributed by atoms with Gasteiger partial charge in [0.1, 0.15) is 0 Å². The number of carbonyl (C=O) groups excluding carboxylic acids is 1. The molecule has 1 amide bonds. The Hall–Kier alpha value is -2.18. The quantitative estimate of drug-likeness (QED) is 0.655. The summed E-state index contributed by atoms with van der Waals surface area (Å²) in [5.41, 5.74) is 5.16. The van der Waals surface area contributed by atoms with Crippen LogP contribution in [0.2, 0.25) is 0 Å². The number of aryl methyl sites for hydroxylation is 3. The van der Waals surface area contributed by atoms with Crippen molar-refractivity contribution >= 4 is 15.9 Å². The standard InChI is InChI=1S/C26H34N2O3S/c1-20(24-13-12-22-10-5-11-25(22)19-24)27-26(29)23-14-16-28(17-15-23)32(30,31)18-6-9-21-7-3-2-4-8-21/h2-4,7-8,12-13,19-20,23H,5-6,9-11,14-18H2,1H3,(H,27,29)/t20-/m0/s1. The summed E-state index contributed by atoms with van der Waals surface area (Å²) in [7, 11) is -3.27. The van der Waals surface area contributed by atoms with Crippen molar-refractivity contribution in [1.29, 1.82) is 0 Å². The topological polar surface area (TPSA) is 66.5 Å². The Labute approximate surface area is 192 Å². The number of fused-ring (bicyclic) bond motifs is 1. The molecular weight excluding hydrogens is 420 g/mol. The zero-order valence-corrected chi connectivity index (χ0v) is 19.7. The lowest BCUT2D eigenvalue weighted by Crippen LogP contribution is -2.44. The highest BCUT2D eigenvalue weighted by atomic mass is 32.2. The number of piperidine rings is 1. The molecule has 0 spiro atoms. The molecule has 0 bridgehead atoms. The molecule has 172 valence electrons. The van der Waals surface area contributed by atoms with E-state index in [0.717, 1.165) is 30.4 Å². The molecule has 0 saturated carbocycles. The minimum absolute atomic E-state index is 0.0341. The van der Waals surface area contributed by atoms with Crippen LogP contribution in [0, 0.1) is 5.92 Å². The molecule has 1 aliphatic carbocycles. The van der Waals surface area contributed by atoms with E-state index in [9.17, 15) is 13.2 Å². The second kappa shape index (κ2) is 10.2. The minimum Gasteiger partial charge on any atom is -0.349 e. The van der Waals surface area contributed by atoms with E-state index in [1.807, 2.05) is 37.3 Å². The van der Waals surface area contributed by atoms with Crippen LogP contribution in [0.5, 0.6) is 0 Å². The van der Waals surface area contributed by atoms with Crippen LogP contribution in [0.3, 0.4) is 0 Å². The van der Waals surface area contributed by atoms with Crippen molar-refractivity contribution in [2.75, 3.05) is 18.8 Å². The number of sulfonamides is 1. The number of nitrogens with zero attached hydrogens (tertiary/aromatic N) is 1. The van der Waals surface area contributed by atoms with Crippen LogP contribution in [0.4, 0.5) is 0 Å². The van der Waals surface area contributed by atoms with Gasteiger partial charge in [-0.3, -0.25) is 4.79 Å². The fourth-order valence-electron chi connectivity index (χ4n) is 4.90. The van der Waals surface area contributed by atoms with E-state index >= 15 is 0 Å². The third kappa shape index (κ3) is 5.59. The molecule has 0 aromatic heterocycles. The number of nitrogens with one attached hydrogen (secondary N) is 1. The lowest BCUT2D eigenvalue weighted by Gasteiger charge is -2.31. The molecular formula is C26H34N2O3S. The second-order valence-electron chi connectivity index (χ2n) is 9.19. The normalized spacial score (nSPS) is 18.3. The predicted octanol–water partition coefficient (Wildman–Crippen LogP) is 4.03. The van der Waals surface area contributed by atoms with Gasteiger partial charge in [0.25, 0.3) is 0 Å². The smallest absolute Gasteiger partial charge is 0.223 e. The van der Waals surface area contributed by atoms with E-state index in [2.05, 4.69) is 23.5 Å². The van der Waals surface area contributed by atoms with E-state index in [4.69, 9.17) is 0 Å². The predicted molar refractivity (Wildman–Crippen MR) is 128 cm³/mol. The van der Waals surface area contributed by atoms with Crippen molar-refractivity contribution in [2.24, 2.45) is 5.92 Å². The summed E-state index contributed by atoms with van der Waals surface area (Å²) in [5.74, 6) is 0.0791. The van der Waals surface area contributed by atoms with Crippen molar-refractivity contribution < 1.29 is 13.2 Å². The maximum atomic E-state index is 12.8. The van der Waals surface area contributed by atoms with Gasteiger partial charge in [-0.25, -0.2) is 12.7 Å². The van der Waals surface area contributed by atoms with Gasteiger partial charge in [-0.15, -0.1) is 0 Å². The molecule has 1 N–H and O–H groups in total. The van der Waals surface area contributed by atoms with E-state index in [1.165, 1.54) is 17.5 Å². The average molecular weight is 455 g/mol. The lowest BCUT2D eigenvalue weighted by molar-refractivity contribution is -0.126. The summed E-state index contributed by atoms with van der Waals surface area (Å²) in [6.07, 6.45) is 6.05. The van der Waals surface area contributed by atoms with Crippen molar-refractivity contribution in [3.63, 3.8) is 0 Å². The molecule has 1 heterocycles. The lowest BCUT2D eigenvalue weighted by atomic mass is 9.96. The highest BCUT2D eigenvalue weighted by Gasteiger charge is 2.31. The van der Waals surface area contributed by atoms with Crippen LogP contribution in [0.1, 0.15) is 60.9 Å². The molecule has 1 saturated heterocycles. The third-order valence-electron chi connectivity index (χ3n) is 6.91. The van der Waals surface area contributed by atoms with Gasteiger partial charge in [0.05, 0.1) is 11.8 Å². The molecule has 2 aliphatic rings. The summed E-state index contributed by atoms with van der Waals surface area (Å²) in [4.78, 5) is 12.8. The molecule has 1 atom stereocenters. The van der Waals surface area contributed by atoms with E-state index in [-0.39, 0.29) is 23.6 Å². The van der Waals surface area contributed by atoms with Crippen LogP contribution in [-0.4, -0.2) is 37.5 Å². The number of benzene rings is 2. The number of amides is 1. The summed E-state index contributed by atoms with van der Waals surface area (Å²) in [5, 5.41) is 3.16. The maximum Gasteiger partial charge on any atom is 0.223 e. The first-order valence-corrected chi connectivity index (χ1v) is 13.5. The van der Waals surface area contributed by atoms with Gasteiger partial charge in [-0.2, -0.15) is 0 Å². The van der Waals surface area contributed by atoms with Gasteiger partial charge in [0.2, 0.25) is 15.9 Å². The van der Waals surface area contributed by atoms with Gasteiger partial charge in [-0.05, 0) is 74.1 Å². The second-order valence-corrected chi connectivity index (χ2v) is 11.3. The van der Waals surface area contributed by atoms with Gasteiger partial charge in [0, 0.05) is 19.0 Å². The SMILES string of the molecule is C[C@H](NC(=O)C1CCN(S(=O)(=O)CCCc2ccccc2)CC1)c1ccc2c(c1)CCC2. The van der Waals surface area contributed by atoms with Crippen molar-refractivity contribution in [3.05, 3.63) is 70.8 Å². The number of rotatable bonds is 8. The van der Waals surface area contributed by atoms with Crippen LogP contribution >= 0.6 is 0 Å².